The van der Waals surface area contributed by atoms with Gasteiger partial charge >= 0.3 is 6.03 Å². The number of rotatable bonds is 5. The molecule has 146 valence electrons. The molecule has 1 spiro atoms. The molecule has 4 amide bonds. The Bertz CT molecular complexity index is 736. The summed E-state index contributed by atoms with van der Waals surface area (Å²) in [5.41, 5.74) is 0.162. The molecule has 6 nitrogen and oxygen atoms in total. The first-order chi connectivity index (χ1) is 12.9. The van der Waals surface area contributed by atoms with Gasteiger partial charge in [0, 0.05) is 4.47 Å². The zero-order valence-corrected chi connectivity index (χ0v) is 17.3. The molecule has 2 fully saturated rings. The normalized spacial score (nSPS) is 26.2. The van der Waals surface area contributed by atoms with Crippen molar-refractivity contribution in [3.63, 3.8) is 0 Å². The molecule has 27 heavy (non-hydrogen) atoms. The van der Waals surface area contributed by atoms with Crippen LogP contribution < -0.4 is 10.6 Å². The van der Waals surface area contributed by atoms with Gasteiger partial charge in [0.15, 0.2) is 0 Å². The monoisotopic (exact) mass is 435 g/mol. The molecule has 1 saturated carbocycles. The zero-order valence-electron chi connectivity index (χ0n) is 15.8. The minimum Gasteiger partial charge on any atom is -0.348 e. The highest BCUT2D eigenvalue weighted by atomic mass is 79.9. The van der Waals surface area contributed by atoms with Gasteiger partial charge < -0.3 is 10.6 Å². The number of urea groups is 1. The van der Waals surface area contributed by atoms with Crippen molar-refractivity contribution in [1.29, 1.82) is 0 Å². The first kappa shape index (κ1) is 19.9. The maximum absolute atomic E-state index is 13.0. The minimum absolute atomic E-state index is 0.0851. The van der Waals surface area contributed by atoms with Crippen LogP contribution in [0.4, 0.5) is 4.79 Å². The Morgan fingerprint density at radius 2 is 2.04 bits per heavy atom. The van der Waals surface area contributed by atoms with Crippen LogP contribution in [-0.4, -0.2) is 34.8 Å². The van der Waals surface area contributed by atoms with Crippen LogP contribution in [0.2, 0.25) is 0 Å². The Morgan fingerprint density at radius 3 is 2.67 bits per heavy atom. The predicted octanol–water partition coefficient (Wildman–Crippen LogP) is 3.52. The average Bonchev–Trinajstić information content (AvgIpc) is 2.88. The Hall–Kier alpha value is -1.89. The highest BCUT2D eigenvalue weighted by Crippen LogP contribution is 2.38. The van der Waals surface area contributed by atoms with Gasteiger partial charge in [-0.15, -0.1) is 0 Å². The molecule has 7 heteroatoms. The predicted molar refractivity (Wildman–Crippen MR) is 106 cm³/mol. The third kappa shape index (κ3) is 3.88. The molecule has 1 aliphatic carbocycles. The van der Waals surface area contributed by atoms with Crippen molar-refractivity contribution in [1.82, 2.24) is 15.5 Å². The Morgan fingerprint density at radius 1 is 1.33 bits per heavy atom. The van der Waals surface area contributed by atoms with Crippen LogP contribution in [0.1, 0.15) is 57.6 Å². The molecule has 1 heterocycles. The number of imide groups is 1. The lowest BCUT2D eigenvalue weighted by Crippen LogP contribution is -2.54. The fourth-order valence-electron chi connectivity index (χ4n) is 4.14. The maximum atomic E-state index is 13.0. The van der Waals surface area contributed by atoms with Crippen molar-refractivity contribution in [3.05, 3.63) is 34.3 Å². The summed E-state index contributed by atoms with van der Waals surface area (Å²) >= 11 is 3.40. The summed E-state index contributed by atoms with van der Waals surface area (Å²) < 4.78 is 0.971. The molecule has 0 radical (unpaired) electrons. The number of nitrogens with zero attached hydrogens (tertiary/aromatic N) is 1. The van der Waals surface area contributed by atoms with E-state index < -0.39 is 11.6 Å². The van der Waals surface area contributed by atoms with Gasteiger partial charge in [0.25, 0.3) is 5.91 Å². The fraction of sp³-hybridized carbons (Fsp3) is 0.550. The summed E-state index contributed by atoms with van der Waals surface area (Å²) in [4.78, 5) is 39.0. The van der Waals surface area contributed by atoms with Gasteiger partial charge in [0.1, 0.15) is 12.1 Å². The van der Waals surface area contributed by atoms with Gasteiger partial charge in [0.05, 0.1) is 6.04 Å². The molecule has 1 aromatic carbocycles. The summed E-state index contributed by atoms with van der Waals surface area (Å²) in [5, 5.41) is 5.83. The average molecular weight is 436 g/mol. The lowest BCUT2D eigenvalue weighted by molar-refractivity contribution is -0.137. The number of hydrogen-bond acceptors (Lipinski definition) is 3. The van der Waals surface area contributed by atoms with E-state index in [2.05, 4.69) is 26.6 Å². The highest BCUT2D eigenvalue weighted by Gasteiger charge is 2.55. The molecule has 0 bridgehead atoms. The number of benzene rings is 1. The Labute approximate surface area is 168 Å². The molecular formula is C20H26BrN3O3. The van der Waals surface area contributed by atoms with Gasteiger partial charge in [-0.2, -0.15) is 0 Å². The molecule has 2 N–H and O–H groups in total. The number of carbonyl (C=O) groups excluding carboxylic acids is 3. The van der Waals surface area contributed by atoms with E-state index in [1.54, 1.807) is 0 Å². The van der Waals surface area contributed by atoms with Crippen LogP contribution >= 0.6 is 15.9 Å². The van der Waals surface area contributed by atoms with Crippen molar-refractivity contribution in [3.8, 4) is 0 Å². The SMILES string of the molecule is CC[C@H](NC(=O)CN1C(=O)N[C@]2(CCCC[C@H]2C)C1=O)c1ccc(Br)cc1. The fourth-order valence-corrected chi connectivity index (χ4v) is 4.40. The van der Waals surface area contributed by atoms with Crippen LogP contribution in [0.15, 0.2) is 28.7 Å². The van der Waals surface area contributed by atoms with Crippen LogP contribution in [-0.2, 0) is 9.59 Å². The van der Waals surface area contributed by atoms with Crippen LogP contribution in [0.25, 0.3) is 0 Å². The van der Waals surface area contributed by atoms with E-state index in [0.29, 0.717) is 12.8 Å². The van der Waals surface area contributed by atoms with E-state index in [9.17, 15) is 14.4 Å². The summed E-state index contributed by atoms with van der Waals surface area (Å²) in [6.07, 6.45) is 4.26. The maximum Gasteiger partial charge on any atom is 0.325 e. The molecule has 3 atom stereocenters. The lowest BCUT2D eigenvalue weighted by Gasteiger charge is -2.36. The third-order valence-electron chi connectivity index (χ3n) is 5.82. The summed E-state index contributed by atoms with van der Waals surface area (Å²) in [7, 11) is 0. The smallest absolute Gasteiger partial charge is 0.325 e. The second-order valence-corrected chi connectivity index (χ2v) is 8.44. The third-order valence-corrected chi connectivity index (χ3v) is 6.35. The number of nitrogens with one attached hydrogen (secondary N) is 2. The first-order valence-corrected chi connectivity index (χ1v) is 10.4. The summed E-state index contributed by atoms with van der Waals surface area (Å²) in [6.45, 7) is 3.74. The summed E-state index contributed by atoms with van der Waals surface area (Å²) in [6, 6.07) is 7.14. The van der Waals surface area contributed by atoms with Crippen molar-refractivity contribution in [2.24, 2.45) is 5.92 Å². The highest BCUT2D eigenvalue weighted by molar-refractivity contribution is 9.10. The van der Waals surface area contributed by atoms with Crippen molar-refractivity contribution in [2.75, 3.05) is 6.54 Å². The first-order valence-electron chi connectivity index (χ1n) is 9.56. The van der Waals surface area contributed by atoms with Gasteiger partial charge in [0.2, 0.25) is 5.91 Å². The quantitative estimate of drug-likeness (QED) is 0.694. The van der Waals surface area contributed by atoms with Crippen molar-refractivity contribution < 1.29 is 14.4 Å². The van der Waals surface area contributed by atoms with Crippen LogP contribution in [0, 0.1) is 5.92 Å². The number of carbonyl (C=O) groups is 3. The van der Waals surface area contributed by atoms with E-state index in [1.807, 2.05) is 38.1 Å². The van der Waals surface area contributed by atoms with Crippen molar-refractivity contribution >= 4 is 33.8 Å². The molecule has 2 aliphatic rings. The second kappa shape index (κ2) is 8.00. The molecule has 0 unspecified atom stereocenters. The molecule has 0 aromatic heterocycles. The van der Waals surface area contributed by atoms with E-state index >= 15 is 0 Å². The number of amides is 4. The standard InChI is InChI=1S/C20H26BrN3O3/c1-3-16(14-7-9-15(21)10-8-14)22-17(25)12-24-18(26)20(23-19(24)27)11-5-4-6-13(20)2/h7-10,13,16H,3-6,11-12H2,1-2H3,(H,22,25)(H,23,27)/t13-,16+,20+/m1/s1. The van der Waals surface area contributed by atoms with E-state index in [0.717, 1.165) is 34.2 Å². The second-order valence-electron chi connectivity index (χ2n) is 7.52. The topological polar surface area (TPSA) is 78.5 Å². The Balaban J connectivity index is 1.67. The molecule has 1 aliphatic heterocycles. The van der Waals surface area contributed by atoms with E-state index in [1.165, 1.54) is 0 Å². The van der Waals surface area contributed by atoms with E-state index in [-0.39, 0.29) is 30.3 Å². The molecular weight excluding hydrogens is 410 g/mol. The largest absolute Gasteiger partial charge is 0.348 e. The van der Waals surface area contributed by atoms with Crippen LogP contribution in [0.5, 0.6) is 0 Å². The van der Waals surface area contributed by atoms with Crippen LogP contribution in [0.3, 0.4) is 0 Å². The number of halogens is 1. The zero-order chi connectivity index (χ0) is 19.6. The molecule has 3 rings (SSSR count). The van der Waals surface area contributed by atoms with Gasteiger partial charge in [-0.1, -0.05) is 54.8 Å². The van der Waals surface area contributed by atoms with Gasteiger partial charge in [-0.25, -0.2) is 4.79 Å². The van der Waals surface area contributed by atoms with Gasteiger partial charge in [-0.3, -0.25) is 14.5 Å². The molecule has 1 aromatic rings. The summed E-state index contributed by atoms with van der Waals surface area (Å²) in [5.74, 6) is -0.498. The number of hydrogen-bond donors (Lipinski definition) is 2. The minimum atomic E-state index is -0.828. The lowest BCUT2D eigenvalue weighted by atomic mass is 9.73. The van der Waals surface area contributed by atoms with Gasteiger partial charge in [-0.05, 0) is 42.9 Å². The molecule has 1 saturated heterocycles. The van der Waals surface area contributed by atoms with Crippen molar-refractivity contribution in [2.45, 2.75) is 57.5 Å². The van der Waals surface area contributed by atoms with E-state index in [4.69, 9.17) is 0 Å². The Kier molecular flexibility index (Phi) is 5.89.